The quantitative estimate of drug-likeness (QED) is 0.842. The van der Waals surface area contributed by atoms with Crippen molar-refractivity contribution in [2.75, 3.05) is 14.1 Å². The summed E-state index contributed by atoms with van der Waals surface area (Å²) in [7, 11) is -0.287. The monoisotopic (exact) mass is 305 g/mol. The molecule has 0 bridgehead atoms. The molecule has 1 rings (SSSR count). The summed E-state index contributed by atoms with van der Waals surface area (Å²) in [5, 5.41) is 0. The van der Waals surface area contributed by atoms with Gasteiger partial charge in [0, 0.05) is 18.6 Å². The molecule has 0 atom stereocenters. The zero-order valence-electron chi connectivity index (χ0n) is 10.1. The van der Waals surface area contributed by atoms with E-state index in [1.165, 1.54) is 4.31 Å². The SMILES string of the molecule is Cc1cc(C)c(S(=O)(=O)N(C)C)c(C)c1Br. The molecule has 1 aromatic rings. The molecular formula is C11H16BrNO2S. The first-order chi connectivity index (χ1) is 7.19. The number of benzene rings is 1. The van der Waals surface area contributed by atoms with E-state index in [9.17, 15) is 8.42 Å². The van der Waals surface area contributed by atoms with E-state index in [-0.39, 0.29) is 0 Å². The summed E-state index contributed by atoms with van der Waals surface area (Å²) < 4.78 is 26.4. The van der Waals surface area contributed by atoms with Crippen molar-refractivity contribution < 1.29 is 8.42 Å². The smallest absolute Gasteiger partial charge is 0.207 e. The van der Waals surface area contributed by atoms with Crippen LogP contribution in [0.4, 0.5) is 0 Å². The number of halogens is 1. The second kappa shape index (κ2) is 4.47. The van der Waals surface area contributed by atoms with Gasteiger partial charge in [0.15, 0.2) is 0 Å². The molecule has 0 aliphatic rings. The molecule has 1 aromatic carbocycles. The standard InChI is InChI=1S/C11H16BrNO2S/c1-7-6-8(2)11(9(3)10(7)12)16(14,15)13(4)5/h6H,1-5H3. The maximum absolute atomic E-state index is 12.1. The molecule has 3 nitrogen and oxygen atoms in total. The minimum absolute atomic E-state index is 0.398. The van der Waals surface area contributed by atoms with E-state index in [1.807, 2.05) is 26.8 Å². The van der Waals surface area contributed by atoms with Crippen LogP contribution in [0.15, 0.2) is 15.4 Å². The minimum atomic E-state index is -3.37. The lowest BCUT2D eigenvalue weighted by Crippen LogP contribution is -2.24. The van der Waals surface area contributed by atoms with E-state index in [0.29, 0.717) is 4.90 Å². The highest BCUT2D eigenvalue weighted by atomic mass is 79.9. The van der Waals surface area contributed by atoms with Crippen molar-refractivity contribution in [3.8, 4) is 0 Å². The molecule has 0 fully saturated rings. The molecule has 0 N–H and O–H groups in total. The van der Waals surface area contributed by atoms with Crippen LogP contribution in [0, 0.1) is 20.8 Å². The predicted octanol–water partition coefficient (Wildman–Crippen LogP) is 2.62. The van der Waals surface area contributed by atoms with Crippen LogP contribution in [-0.2, 0) is 10.0 Å². The molecule has 0 unspecified atom stereocenters. The van der Waals surface area contributed by atoms with E-state index < -0.39 is 10.0 Å². The van der Waals surface area contributed by atoms with Crippen LogP contribution in [0.1, 0.15) is 16.7 Å². The van der Waals surface area contributed by atoms with Crippen LogP contribution in [-0.4, -0.2) is 26.8 Å². The molecule has 0 aliphatic heterocycles. The van der Waals surface area contributed by atoms with Crippen molar-refractivity contribution in [1.29, 1.82) is 0 Å². The van der Waals surface area contributed by atoms with E-state index in [4.69, 9.17) is 0 Å². The molecule has 0 saturated carbocycles. The van der Waals surface area contributed by atoms with Crippen LogP contribution in [0.2, 0.25) is 0 Å². The Labute approximate surface area is 106 Å². The van der Waals surface area contributed by atoms with Crippen molar-refractivity contribution >= 4 is 26.0 Å². The first-order valence-corrected chi connectivity index (χ1v) is 7.11. The van der Waals surface area contributed by atoms with Gasteiger partial charge >= 0.3 is 0 Å². The van der Waals surface area contributed by atoms with Crippen molar-refractivity contribution in [3.05, 3.63) is 27.2 Å². The van der Waals surface area contributed by atoms with Gasteiger partial charge in [0.25, 0.3) is 0 Å². The van der Waals surface area contributed by atoms with Crippen LogP contribution < -0.4 is 0 Å². The van der Waals surface area contributed by atoms with Gasteiger partial charge in [-0.25, -0.2) is 12.7 Å². The molecule has 0 saturated heterocycles. The molecule has 0 amide bonds. The lowest BCUT2D eigenvalue weighted by atomic mass is 10.1. The fraction of sp³-hybridized carbons (Fsp3) is 0.455. The van der Waals surface area contributed by atoms with Crippen LogP contribution in [0.5, 0.6) is 0 Å². The maximum atomic E-state index is 12.1. The third-order valence-corrected chi connectivity index (χ3v) is 5.87. The normalized spacial score (nSPS) is 12.2. The highest BCUT2D eigenvalue weighted by Crippen LogP contribution is 2.31. The average molecular weight is 306 g/mol. The van der Waals surface area contributed by atoms with Gasteiger partial charge in [-0.05, 0) is 37.5 Å². The summed E-state index contributed by atoms with van der Waals surface area (Å²) in [5.74, 6) is 0. The number of rotatable bonds is 2. The zero-order valence-corrected chi connectivity index (χ0v) is 12.5. The lowest BCUT2D eigenvalue weighted by molar-refractivity contribution is 0.519. The van der Waals surface area contributed by atoms with Crippen molar-refractivity contribution in [2.45, 2.75) is 25.7 Å². The Morgan fingerprint density at radius 1 is 1.12 bits per heavy atom. The third kappa shape index (κ3) is 2.17. The highest BCUT2D eigenvalue weighted by Gasteiger charge is 2.23. The van der Waals surface area contributed by atoms with Crippen LogP contribution in [0.3, 0.4) is 0 Å². The molecular weight excluding hydrogens is 290 g/mol. The lowest BCUT2D eigenvalue weighted by Gasteiger charge is -2.18. The summed E-state index contributed by atoms with van der Waals surface area (Å²) in [6.07, 6.45) is 0. The van der Waals surface area contributed by atoms with E-state index >= 15 is 0 Å². The first kappa shape index (κ1) is 13.7. The molecule has 0 heterocycles. The van der Waals surface area contributed by atoms with Gasteiger partial charge in [-0.3, -0.25) is 0 Å². The summed E-state index contributed by atoms with van der Waals surface area (Å²) in [4.78, 5) is 0.398. The van der Waals surface area contributed by atoms with Gasteiger partial charge < -0.3 is 0 Å². The Bertz CT molecular complexity index is 521. The van der Waals surface area contributed by atoms with Crippen LogP contribution >= 0.6 is 15.9 Å². The minimum Gasteiger partial charge on any atom is -0.207 e. The molecule has 16 heavy (non-hydrogen) atoms. The van der Waals surface area contributed by atoms with Crippen molar-refractivity contribution in [2.24, 2.45) is 0 Å². The molecule has 0 spiro atoms. The van der Waals surface area contributed by atoms with Crippen molar-refractivity contribution in [1.82, 2.24) is 4.31 Å². The summed E-state index contributed by atoms with van der Waals surface area (Å²) in [5.41, 5.74) is 2.60. The molecule has 90 valence electrons. The summed E-state index contributed by atoms with van der Waals surface area (Å²) in [6, 6.07) is 1.88. The van der Waals surface area contributed by atoms with Crippen molar-refractivity contribution in [3.63, 3.8) is 0 Å². The van der Waals surface area contributed by atoms with Gasteiger partial charge in [-0.15, -0.1) is 0 Å². The molecule has 0 radical (unpaired) electrons. The molecule has 0 aromatic heterocycles. The molecule has 5 heteroatoms. The number of nitrogens with zero attached hydrogens (tertiary/aromatic N) is 1. The van der Waals surface area contributed by atoms with Gasteiger partial charge in [0.2, 0.25) is 10.0 Å². The van der Waals surface area contributed by atoms with E-state index in [0.717, 1.165) is 21.2 Å². The Morgan fingerprint density at radius 3 is 2.06 bits per heavy atom. The highest BCUT2D eigenvalue weighted by molar-refractivity contribution is 9.10. The van der Waals surface area contributed by atoms with Crippen LogP contribution in [0.25, 0.3) is 0 Å². The van der Waals surface area contributed by atoms with Gasteiger partial charge in [0.1, 0.15) is 0 Å². The number of hydrogen-bond donors (Lipinski definition) is 0. The Hall–Kier alpha value is -0.390. The fourth-order valence-electron chi connectivity index (χ4n) is 1.72. The van der Waals surface area contributed by atoms with E-state index in [2.05, 4.69) is 15.9 Å². The summed E-state index contributed by atoms with van der Waals surface area (Å²) >= 11 is 3.42. The first-order valence-electron chi connectivity index (χ1n) is 4.88. The van der Waals surface area contributed by atoms with Gasteiger partial charge in [0.05, 0.1) is 4.90 Å². The Morgan fingerprint density at radius 2 is 1.62 bits per heavy atom. The second-order valence-corrected chi connectivity index (χ2v) is 6.95. The molecule has 0 aliphatic carbocycles. The predicted molar refractivity (Wildman–Crippen MR) is 69.2 cm³/mol. The Kier molecular flexibility index (Phi) is 3.82. The van der Waals surface area contributed by atoms with Gasteiger partial charge in [-0.1, -0.05) is 22.0 Å². The summed E-state index contributed by atoms with van der Waals surface area (Å²) in [6.45, 7) is 5.60. The second-order valence-electron chi connectivity index (χ2n) is 4.07. The number of hydrogen-bond acceptors (Lipinski definition) is 2. The average Bonchev–Trinajstić information content (AvgIpc) is 2.13. The maximum Gasteiger partial charge on any atom is 0.243 e. The van der Waals surface area contributed by atoms with E-state index in [1.54, 1.807) is 14.1 Å². The number of aryl methyl sites for hydroxylation is 2. The number of sulfonamides is 1. The largest absolute Gasteiger partial charge is 0.243 e. The Balaban J connectivity index is 3.66. The fourth-order valence-corrected chi connectivity index (χ4v) is 3.49. The van der Waals surface area contributed by atoms with Gasteiger partial charge in [-0.2, -0.15) is 0 Å². The topological polar surface area (TPSA) is 37.4 Å². The third-order valence-electron chi connectivity index (χ3n) is 2.55. The zero-order chi connectivity index (χ0) is 12.7.